The lowest BCUT2D eigenvalue weighted by Gasteiger charge is -2.29. The van der Waals surface area contributed by atoms with Gasteiger partial charge in [-0.05, 0) is 57.2 Å². The number of anilines is 1. The van der Waals surface area contributed by atoms with Crippen molar-refractivity contribution in [2.75, 3.05) is 18.4 Å². The van der Waals surface area contributed by atoms with Crippen molar-refractivity contribution in [3.63, 3.8) is 0 Å². The maximum absolute atomic E-state index is 13.8. The van der Waals surface area contributed by atoms with Crippen molar-refractivity contribution in [2.45, 2.75) is 71.7 Å². The third-order valence-electron chi connectivity index (χ3n) is 6.38. The van der Waals surface area contributed by atoms with Gasteiger partial charge in [-0.1, -0.05) is 13.8 Å². The van der Waals surface area contributed by atoms with Gasteiger partial charge >= 0.3 is 12.3 Å². The van der Waals surface area contributed by atoms with Crippen molar-refractivity contribution in [1.29, 1.82) is 5.26 Å². The highest BCUT2D eigenvalue weighted by Crippen LogP contribution is 2.42. The van der Waals surface area contributed by atoms with Gasteiger partial charge in [-0.25, -0.2) is 9.48 Å². The third kappa shape index (κ3) is 5.58. The first-order chi connectivity index (χ1) is 17.1. The van der Waals surface area contributed by atoms with Gasteiger partial charge in [0.05, 0.1) is 28.2 Å². The summed E-state index contributed by atoms with van der Waals surface area (Å²) in [5.74, 6) is -0.579. The molecular weight excluding hydrogens is 487 g/mol. The minimum atomic E-state index is -4.78. The molecule has 1 atom stereocenters. The molecule has 1 aromatic heterocycles. The highest BCUT2D eigenvalue weighted by Gasteiger charge is 2.45. The lowest BCUT2D eigenvalue weighted by Crippen LogP contribution is -2.36. The van der Waals surface area contributed by atoms with Crippen molar-refractivity contribution in [2.24, 2.45) is 5.41 Å². The van der Waals surface area contributed by atoms with Gasteiger partial charge in [0, 0.05) is 25.6 Å². The summed E-state index contributed by atoms with van der Waals surface area (Å²) in [5, 5.41) is 16.7. The van der Waals surface area contributed by atoms with Crippen molar-refractivity contribution >= 4 is 17.6 Å². The van der Waals surface area contributed by atoms with Crippen LogP contribution >= 0.6 is 0 Å². The van der Waals surface area contributed by atoms with E-state index in [9.17, 15) is 28.0 Å². The van der Waals surface area contributed by atoms with E-state index in [0.29, 0.717) is 36.4 Å². The molecule has 0 saturated carbocycles. The number of hydrogen-bond donors (Lipinski definition) is 1. The standard InChI is InChI=1S/C26H30F3N5O3/c1-24(2,3)37-23(36)33-9-8-16(14-33)31-18-10-17(7-6-15(18)13-30)34-19-11-25(4,5)12-20(35)21(19)22(32-34)26(27,28)29/h6-7,10,16,31H,8-9,11-12,14H2,1-5H3. The Morgan fingerprint density at radius 2 is 1.95 bits per heavy atom. The number of nitrogens with zero attached hydrogens (tertiary/aromatic N) is 4. The van der Waals surface area contributed by atoms with Gasteiger partial charge in [-0.3, -0.25) is 4.79 Å². The summed E-state index contributed by atoms with van der Waals surface area (Å²) in [7, 11) is 0. The second-order valence-electron chi connectivity index (χ2n) is 11.4. The molecule has 4 rings (SSSR count). The van der Waals surface area contributed by atoms with Gasteiger partial charge in [-0.2, -0.15) is 23.5 Å². The molecular formula is C26H30F3N5O3. The average Bonchev–Trinajstić information content (AvgIpc) is 3.36. The fourth-order valence-corrected chi connectivity index (χ4v) is 4.83. The van der Waals surface area contributed by atoms with Crippen LogP contribution in [0.2, 0.25) is 0 Å². The first-order valence-electron chi connectivity index (χ1n) is 12.1. The molecule has 1 N–H and O–H groups in total. The molecule has 198 valence electrons. The van der Waals surface area contributed by atoms with Gasteiger partial charge in [0.25, 0.3) is 0 Å². The number of carbonyl (C=O) groups excluding carboxylic acids is 2. The highest BCUT2D eigenvalue weighted by molar-refractivity contribution is 6.00. The number of benzene rings is 1. The number of likely N-dealkylation sites (tertiary alicyclic amines) is 1. The van der Waals surface area contributed by atoms with Crippen molar-refractivity contribution in [1.82, 2.24) is 14.7 Å². The molecule has 8 nitrogen and oxygen atoms in total. The number of amides is 1. The van der Waals surface area contributed by atoms with Crippen molar-refractivity contribution < 1.29 is 27.5 Å². The van der Waals surface area contributed by atoms with Crippen LogP contribution in [-0.4, -0.2) is 51.3 Å². The largest absolute Gasteiger partial charge is 0.444 e. The second-order valence-corrected chi connectivity index (χ2v) is 11.4. The molecule has 37 heavy (non-hydrogen) atoms. The number of aromatic nitrogens is 2. The molecule has 0 bridgehead atoms. The zero-order valence-electron chi connectivity index (χ0n) is 21.5. The van der Waals surface area contributed by atoms with Crippen LogP contribution in [0.1, 0.15) is 74.8 Å². The molecule has 2 heterocycles. The fraction of sp³-hybridized carbons (Fsp3) is 0.538. The van der Waals surface area contributed by atoms with E-state index < -0.39 is 34.8 Å². The molecule has 0 radical (unpaired) electrons. The lowest BCUT2D eigenvalue weighted by atomic mass is 9.75. The molecule has 1 aliphatic heterocycles. The molecule has 1 aliphatic carbocycles. The van der Waals surface area contributed by atoms with Gasteiger partial charge in [0.2, 0.25) is 0 Å². The van der Waals surface area contributed by atoms with Crippen LogP contribution < -0.4 is 5.32 Å². The summed E-state index contributed by atoms with van der Waals surface area (Å²) in [6, 6.07) is 6.50. The van der Waals surface area contributed by atoms with Crippen LogP contribution in [-0.2, 0) is 17.3 Å². The molecule has 2 aliphatic rings. The fourth-order valence-electron chi connectivity index (χ4n) is 4.83. The Hall–Kier alpha value is -3.55. The molecule has 2 aromatic rings. The minimum Gasteiger partial charge on any atom is -0.444 e. The summed E-state index contributed by atoms with van der Waals surface area (Å²) < 4.78 is 48.1. The Bertz CT molecular complexity index is 1280. The molecule has 1 aromatic carbocycles. The van der Waals surface area contributed by atoms with E-state index in [1.54, 1.807) is 31.7 Å². The normalized spacial score (nSPS) is 19.4. The predicted octanol–water partition coefficient (Wildman–Crippen LogP) is 5.34. The third-order valence-corrected chi connectivity index (χ3v) is 6.38. The number of nitrogens with one attached hydrogen (secondary N) is 1. The SMILES string of the molecule is CC1(C)CC(=O)c2c(C(F)(F)F)nn(-c3ccc(C#N)c(NC4CCN(C(=O)OC(C)(C)C)C4)c3)c2C1. The summed E-state index contributed by atoms with van der Waals surface area (Å²) >= 11 is 0. The zero-order chi connectivity index (χ0) is 27.3. The number of nitriles is 1. The minimum absolute atomic E-state index is 0.00474. The molecule has 1 saturated heterocycles. The van der Waals surface area contributed by atoms with Gasteiger partial charge < -0.3 is 15.0 Å². The van der Waals surface area contributed by atoms with E-state index in [-0.39, 0.29) is 30.1 Å². The average molecular weight is 518 g/mol. The maximum Gasteiger partial charge on any atom is 0.435 e. The Morgan fingerprint density at radius 1 is 1.24 bits per heavy atom. The number of ketones is 1. The van der Waals surface area contributed by atoms with Crippen LogP contribution in [0.25, 0.3) is 5.69 Å². The van der Waals surface area contributed by atoms with Crippen LogP contribution in [0.3, 0.4) is 0 Å². The second kappa shape index (κ2) is 9.08. The topological polar surface area (TPSA) is 100 Å². The van der Waals surface area contributed by atoms with E-state index in [1.165, 1.54) is 16.8 Å². The van der Waals surface area contributed by atoms with Crippen LogP contribution in [0.5, 0.6) is 0 Å². The maximum atomic E-state index is 13.8. The first kappa shape index (κ1) is 26.5. The van der Waals surface area contributed by atoms with E-state index in [2.05, 4.69) is 16.5 Å². The molecule has 1 amide bonds. The van der Waals surface area contributed by atoms with E-state index in [4.69, 9.17) is 4.74 Å². The molecule has 0 spiro atoms. The van der Waals surface area contributed by atoms with Gasteiger partial charge in [0.1, 0.15) is 11.7 Å². The van der Waals surface area contributed by atoms with Crippen LogP contribution in [0.4, 0.5) is 23.7 Å². The first-order valence-corrected chi connectivity index (χ1v) is 12.1. The van der Waals surface area contributed by atoms with E-state index in [0.717, 1.165) is 0 Å². The number of rotatable bonds is 3. The Labute approximate surface area is 213 Å². The Balaban J connectivity index is 1.67. The summed E-state index contributed by atoms with van der Waals surface area (Å²) in [4.78, 5) is 26.7. The quantitative estimate of drug-likeness (QED) is 0.590. The lowest BCUT2D eigenvalue weighted by molar-refractivity contribution is -0.141. The van der Waals surface area contributed by atoms with Gasteiger partial charge in [-0.15, -0.1) is 0 Å². The van der Waals surface area contributed by atoms with E-state index >= 15 is 0 Å². The number of Topliss-reactive ketones (excluding diaryl/α,β-unsaturated/α-hetero) is 1. The summed E-state index contributed by atoms with van der Waals surface area (Å²) in [6.45, 7) is 9.84. The number of halogens is 3. The molecule has 1 unspecified atom stereocenters. The van der Waals surface area contributed by atoms with Crippen molar-refractivity contribution in [3.8, 4) is 11.8 Å². The summed E-state index contributed by atoms with van der Waals surface area (Å²) in [5.41, 5.74) is -1.49. The highest BCUT2D eigenvalue weighted by atomic mass is 19.4. The van der Waals surface area contributed by atoms with Crippen LogP contribution in [0.15, 0.2) is 18.2 Å². The molecule has 1 fully saturated rings. The van der Waals surface area contributed by atoms with Crippen molar-refractivity contribution in [3.05, 3.63) is 40.7 Å². The number of fused-ring (bicyclic) bond motifs is 1. The number of alkyl halides is 3. The molecule has 11 heteroatoms. The number of ether oxygens (including phenoxy) is 1. The Morgan fingerprint density at radius 3 is 2.57 bits per heavy atom. The monoisotopic (exact) mass is 517 g/mol. The number of carbonyl (C=O) groups is 2. The predicted molar refractivity (Wildman–Crippen MR) is 130 cm³/mol. The van der Waals surface area contributed by atoms with E-state index in [1.807, 2.05) is 13.8 Å². The van der Waals surface area contributed by atoms with Gasteiger partial charge in [0.15, 0.2) is 11.5 Å². The summed E-state index contributed by atoms with van der Waals surface area (Å²) in [6.07, 6.45) is -4.36. The van der Waals surface area contributed by atoms with Crippen LogP contribution in [0, 0.1) is 16.7 Å². The number of hydrogen-bond acceptors (Lipinski definition) is 6. The smallest absolute Gasteiger partial charge is 0.435 e. The zero-order valence-corrected chi connectivity index (χ0v) is 21.5. The Kier molecular flexibility index (Phi) is 6.51.